The lowest BCUT2D eigenvalue weighted by atomic mass is 10.3. The zero-order valence-corrected chi connectivity index (χ0v) is 11.0. The molecule has 0 bridgehead atoms. The largest absolute Gasteiger partial charge is 0.476 e. The molecule has 0 saturated carbocycles. The first-order valence-corrected chi connectivity index (χ1v) is 6.42. The van der Waals surface area contributed by atoms with Crippen molar-refractivity contribution in [2.75, 3.05) is 24.6 Å². The molecule has 1 aromatic heterocycles. The second-order valence-corrected chi connectivity index (χ2v) is 5.14. The Morgan fingerprint density at radius 2 is 2.28 bits per heavy atom. The van der Waals surface area contributed by atoms with E-state index in [-0.39, 0.29) is 22.5 Å². The van der Waals surface area contributed by atoms with E-state index in [1.807, 2.05) is 11.8 Å². The molecule has 2 heterocycles. The van der Waals surface area contributed by atoms with Gasteiger partial charge in [-0.15, -0.1) is 0 Å². The molecule has 18 heavy (non-hydrogen) atoms. The van der Waals surface area contributed by atoms with Crippen LogP contribution in [0, 0.1) is 0 Å². The van der Waals surface area contributed by atoms with Gasteiger partial charge in [0.1, 0.15) is 4.88 Å². The smallest absolute Gasteiger partial charge is 0.356 e. The first kappa shape index (κ1) is 13.0. The topological polar surface area (TPSA) is 79.7 Å². The second kappa shape index (κ2) is 5.03. The molecular formula is C11H14N2O4S. The summed E-state index contributed by atoms with van der Waals surface area (Å²) in [6.45, 7) is 5.20. The molecule has 7 heteroatoms. The molecule has 0 aliphatic carbocycles. The normalized spacial score (nSPS) is 19.9. The van der Waals surface area contributed by atoms with Crippen LogP contribution >= 0.6 is 11.3 Å². The summed E-state index contributed by atoms with van der Waals surface area (Å²) in [6.07, 6.45) is 0.0803. The summed E-state index contributed by atoms with van der Waals surface area (Å²) in [4.78, 5) is 28.6. The standard InChI is InChI=1S/C11H14N2O4S/c1-6-5-13(3-4-17-6)11-12-8(10(15)16)9(18-11)7(2)14/h6H,3-5H2,1-2H3,(H,15,16). The van der Waals surface area contributed by atoms with Crippen molar-refractivity contribution in [2.24, 2.45) is 0 Å². The maximum atomic E-state index is 11.4. The minimum atomic E-state index is -1.16. The zero-order chi connectivity index (χ0) is 13.3. The fraction of sp³-hybridized carbons (Fsp3) is 0.545. The molecule has 0 aromatic carbocycles. The number of rotatable bonds is 3. The zero-order valence-electron chi connectivity index (χ0n) is 10.2. The highest BCUT2D eigenvalue weighted by Gasteiger charge is 2.25. The van der Waals surface area contributed by atoms with E-state index < -0.39 is 5.97 Å². The second-order valence-electron chi connectivity index (χ2n) is 4.16. The van der Waals surface area contributed by atoms with Gasteiger partial charge in [0.05, 0.1) is 12.7 Å². The lowest BCUT2D eigenvalue weighted by Gasteiger charge is -2.30. The van der Waals surface area contributed by atoms with Gasteiger partial charge >= 0.3 is 5.97 Å². The Balaban J connectivity index is 2.31. The third-order valence-corrected chi connectivity index (χ3v) is 3.87. The minimum absolute atomic E-state index is 0.0803. The van der Waals surface area contributed by atoms with Gasteiger partial charge in [-0.25, -0.2) is 9.78 Å². The van der Waals surface area contributed by atoms with Gasteiger partial charge in [-0.3, -0.25) is 4.79 Å². The molecule has 1 N–H and O–H groups in total. The number of carbonyl (C=O) groups excluding carboxylic acids is 1. The third-order valence-electron chi connectivity index (χ3n) is 2.65. The molecule has 6 nitrogen and oxygen atoms in total. The lowest BCUT2D eigenvalue weighted by molar-refractivity contribution is 0.0532. The molecule has 1 aliphatic heterocycles. The Kier molecular flexibility index (Phi) is 3.63. The summed E-state index contributed by atoms with van der Waals surface area (Å²) >= 11 is 1.13. The van der Waals surface area contributed by atoms with Crippen LogP contribution in [0.4, 0.5) is 5.13 Å². The highest BCUT2D eigenvalue weighted by Crippen LogP contribution is 2.28. The van der Waals surface area contributed by atoms with Crippen LogP contribution in [0.25, 0.3) is 0 Å². The number of Topliss-reactive ketones (excluding diaryl/α,β-unsaturated/α-hetero) is 1. The van der Waals surface area contributed by atoms with Crippen LogP contribution in [-0.2, 0) is 4.74 Å². The fourth-order valence-electron chi connectivity index (χ4n) is 1.82. The van der Waals surface area contributed by atoms with Gasteiger partial charge < -0.3 is 14.7 Å². The summed E-state index contributed by atoms with van der Waals surface area (Å²) in [5, 5.41) is 9.60. The number of ketones is 1. The van der Waals surface area contributed by atoms with E-state index in [9.17, 15) is 9.59 Å². The van der Waals surface area contributed by atoms with Gasteiger partial charge in [-0.2, -0.15) is 0 Å². The number of carboxylic acid groups (broad SMARTS) is 1. The molecule has 1 atom stereocenters. The van der Waals surface area contributed by atoms with Crippen molar-refractivity contribution in [1.29, 1.82) is 0 Å². The van der Waals surface area contributed by atoms with Crippen LogP contribution in [0.2, 0.25) is 0 Å². The van der Waals surface area contributed by atoms with E-state index in [1.165, 1.54) is 6.92 Å². The summed E-state index contributed by atoms with van der Waals surface area (Å²) in [6, 6.07) is 0. The number of anilines is 1. The van der Waals surface area contributed by atoms with Gasteiger partial charge in [-0.1, -0.05) is 11.3 Å². The highest BCUT2D eigenvalue weighted by molar-refractivity contribution is 7.17. The summed E-state index contributed by atoms with van der Waals surface area (Å²) in [5.74, 6) is -1.43. The van der Waals surface area contributed by atoms with Crippen molar-refractivity contribution in [1.82, 2.24) is 4.98 Å². The Morgan fingerprint density at radius 3 is 2.78 bits per heavy atom. The molecule has 0 radical (unpaired) electrons. The first-order chi connectivity index (χ1) is 8.49. The van der Waals surface area contributed by atoms with E-state index in [1.54, 1.807) is 0 Å². The predicted molar refractivity (Wildman–Crippen MR) is 66.7 cm³/mol. The number of thiazole rings is 1. The molecule has 1 unspecified atom stereocenters. The number of carboxylic acids is 1. The fourth-order valence-corrected chi connectivity index (χ4v) is 2.81. The summed E-state index contributed by atoms with van der Waals surface area (Å²) < 4.78 is 5.41. The van der Waals surface area contributed by atoms with E-state index in [0.717, 1.165) is 11.3 Å². The number of aromatic carboxylic acids is 1. The third kappa shape index (κ3) is 2.51. The van der Waals surface area contributed by atoms with Gasteiger partial charge in [0.2, 0.25) is 0 Å². The molecule has 0 amide bonds. The molecule has 98 valence electrons. The Morgan fingerprint density at radius 1 is 1.56 bits per heavy atom. The van der Waals surface area contributed by atoms with Crippen LogP contribution in [0.15, 0.2) is 0 Å². The van der Waals surface area contributed by atoms with Crippen molar-refractivity contribution in [3.63, 3.8) is 0 Å². The number of ether oxygens (including phenoxy) is 1. The van der Waals surface area contributed by atoms with Gasteiger partial charge in [0.15, 0.2) is 16.6 Å². The average molecular weight is 270 g/mol. The molecule has 1 aromatic rings. The molecule has 1 aliphatic rings. The molecular weight excluding hydrogens is 256 g/mol. The van der Waals surface area contributed by atoms with Gasteiger partial charge in [-0.05, 0) is 6.92 Å². The Bertz CT molecular complexity index is 454. The number of hydrogen-bond donors (Lipinski definition) is 1. The Labute approximate surface area is 108 Å². The van der Waals surface area contributed by atoms with Crippen LogP contribution < -0.4 is 4.90 Å². The first-order valence-electron chi connectivity index (χ1n) is 5.60. The minimum Gasteiger partial charge on any atom is -0.476 e. The average Bonchev–Trinajstić information content (AvgIpc) is 2.73. The summed E-state index contributed by atoms with van der Waals surface area (Å²) in [5.41, 5.74) is -0.151. The predicted octanol–water partition coefficient (Wildman–Crippen LogP) is 1.27. The maximum Gasteiger partial charge on any atom is 0.356 e. The van der Waals surface area contributed by atoms with Crippen molar-refractivity contribution in [2.45, 2.75) is 20.0 Å². The van der Waals surface area contributed by atoms with Crippen molar-refractivity contribution < 1.29 is 19.4 Å². The van der Waals surface area contributed by atoms with Gasteiger partial charge in [0.25, 0.3) is 0 Å². The molecule has 1 saturated heterocycles. The van der Waals surface area contributed by atoms with Crippen molar-refractivity contribution >= 4 is 28.2 Å². The highest BCUT2D eigenvalue weighted by atomic mass is 32.1. The molecule has 2 rings (SSSR count). The SMILES string of the molecule is CC(=O)c1sc(N2CCOC(C)C2)nc1C(=O)O. The number of nitrogens with zero attached hydrogens (tertiary/aromatic N) is 2. The van der Waals surface area contributed by atoms with Crippen molar-refractivity contribution in [3.05, 3.63) is 10.6 Å². The lowest BCUT2D eigenvalue weighted by Crippen LogP contribution is -2.41. The number of aromatic nitrogens is 1. The van der Waals surface area contributed by atoms with Crippen LogP contribution in [-0.4, -0.2) is 47.6 Å². The summed E-state index contributed by atoms with van der Waals surface area (Å²) in [7, 11) is 0. The molecule has 1 fully saturated rings. The van der Waals surface area contributed by atoms with Gasteiger partial charge in [0, 0.05) is 20.0 Å². The van der Waals surface area contributed by atoms with Crippen LogP contribution in [0.1, 0.15) is 34.0 Å². The van der Waals surface area contributed by atoms with Crippen LogP contribution in [0.5, 0.6) is 0 Å². The number of morpholine rings is 1. The maximum absolute atomic E-state index is 11.4. The Hall–Kier alpha value is -1.47. The van der Waals surface area contributed by atoms with E-state index >= 15 is 0 Å². The van der Waals surface area contributed by atoms with Crippen LogP contribution in [0.3, 0.4) is 0 Å². The van der Waals surface area contributed by atoms with E-state index in [4.69, 9.17) is 9.84 Å². The van der Waals surface area contributed by atoms with Crippen molar-refractivity contribution in [3.8, 4) is 0 Å². The quantitative estimate of drug-likeness (QED) is 0.833. The number of carbonyl (C=O) groups is 2. The monoisotopic (exact) mass is 270 g/mol. The van der Waals surface area contributed by atoms with E-state index in [0.29, 0.717) is 24.8 Å². The number of hydrogen-bond acceptors (Lipinski definition) is 6. The van der Waals surface area contributed by atoms with E-state index in [2.05, 4.69) is 4.98 Å². The molecule has 0 spiro atoms.